The summed E-state index contributed by atoms with van der Waals surface area (Å²) >= 11 is 0. The van der Waals surface area contributed by atoms with E-state index in [1.54, 1.807) is 19.2 Å². The van der Waals surface area contributed by atoms with Crippen LogP contribution in [-0.2, 0) is 22.6 Å². The maximum absolute atomic E-state index is 12.1. The third-order valence-electron chi connectivity index (χ3n) is 4.51. The Morgan fingerprint density at radius 2 is 1.79 bits per heavy atom. The summed E-state index contributed by atoms with van der Waals surface area (Å²) in [5.74, 6) is 0.707. The largest absolute Gasteiger partial charge is 0.411 e. The molecule has 2 rings (SSSR count). The zero-order valence-electron chi connectivity index (χ0n) is 16.4. The first-order chi connectivity index (χ1) is 13.5. The Morgan fingerprint density at radius 1 is 1.11 bits per heavy atom. The Balaban J connectivity index is 1.60. The number of benzene rings is 1. The van der Waals surface area contributed by atoms with Crippen LogP contribution in [0, 0.1) is 0 Å². The highest BCUT2D eigenvalue weighted by molar-refractivity contribution is 5.79. The molecule has 0 heterocycles. The summed E-state index contributed by atoms with van der Waals surface area (Å²) < 4.78 is 46.7. The van der Waals surface area contributed by atoms with Gasteiger partial charge in [0.05, 0.1) is 12.7 Å². The van der Waals surface area contributed by atoms with Crippen molar-refractivity contribution in [2.75, 3.05) is 26.8 Å². The summed E-state index contributed by atoms with van der Waals surface area (Å²) in [6.45, 7) is 0.819. The molecule has 1 saturated carbocycles. The lowest BCUT2D eigenvalue weighted by atomic mass is 10.1. The van der Waals surface area contributed by atoms with Crippen molar-refractivity contribution in [2.24, 2.45) is 4.99 Å². The molecule has 1 aliphatic rings. The van der Waals surface area contributed by atoms with Crippen molar-refractivity contribution in [2.45, 2.75) is 57.5 Å². The number of guanidine groups is 1. The normalized spacial score (nSPS) is 15.8. The van der Waals surface area contributed by atoms with E-state index in [1.807, 2.05) is 12.1 Å². The third kappa shape index (κ3) is 9.41. The number of nitrogens with zero attached hydrogens (tertiary/aromatic N) is 1. The zero-order valence-corrected chi connectivity index (χ0v) is 16.4. The summed E-state index contributed by atoms with van der Waals surface area (Å²) in [6, 6.07) is 7.26. The van der Waals surface area contributed by atoms with Crippen LogP contribution in [0.4, 0.5) is 13.2 Å². The van der Waals surface area contributed by atoms with Crippen LogP contribution in [-0.4, -0.2) is 45.0 Å². The van der Waals surface area contributed by atoms with Gasteiger partial charge >= 0.3 is 6.18 Å². The number of rotatable bonds is 10. The van der Waals surface area contributed by atoms with Crippen molar-refractivity contribution < 1.29 is 22.6 Å². The number of aliphatic imine (C=N–C) groups is 1. The molecule has 0 spiro atoms. The highest BCUT2D eigenvalue weighted by Crippen LogP contribution is 2.20. The van der Waals surface area contributed by atoms with Crippen LogP contribution in [0.1, 0.15) is 43.2 Å². The van der Waals surface area contributed by atoms with E-state index in [-0.39, 0.29) is 6.61 Å². The summed E-state index contributed by atoms with van der Waals surface area (Å²) in [7, 11) is 1.71. The maximum Gasteiger partial charge on any atom is 0.411 e. The minimum Gasteiger partial charge on any atom is -0.378 e. The van der Waals surface area contributed by atoms with Gasteiger partial charge in [-0.1, -0.05) is 37.1 Å². The fourth-order valence-electron chi connectivity index (χ4n) is 3.03. The predicted octanol–water partition coefficient (Wildman–Crippen LogP) is 3.78. The van der Waals surface area contributed by atoms with Gasteiger partial charge in [0.2, 0.25) is 0 Å². The second-order valence-corrected chi connectivity index (χ2v) is 6.91. The van der Waals surface area contributed by atoms with Crippen LogP contribution in [0.15, 0.2) is 29.3 Å². The van der Waals surface area contributed by atoms with Gasteiger partial charge in [0.1, 0.15) is 6.61 Å². The molecule has 2 N–H and O–H groups in total. The minimum absolute atomic E-state index is 0.0562. The zero-order chi connectivity index (χ0) is 20.2. The molecular weight excluding hydrogens is 371 g/mol. The fraction of sp³-hybridized carbons (Fsp3) is 0.650. The lowest BCUT2D eigenvalue weighted by molar-refractivity contribution is -0.176. The highest BCUT2D eigenvalue weighted by Gasteiger charge is 2.27. The minimum atomic E-state index is -4.30. The van der Waals surface area contributed by atoms with Crippen LogP contribution in [0.3, 0.4) is 0 Å². The quantitative estimate of drug-likeness (QED) is 0.356. The third-order valence-corrected chi connectivity index (χ3v) is 4.51. The topological polar surface area (TPSA) is 54.9 Å². The van der Waals surface area contributed by atoms with Gasteiger partial charge in [-0.3, -0.25) is 4.99 Å². The number of nitrogens with one attached hydrogen (secondary N) is 2. The Hall–Kier alpha value is -1.80. The Labute approximate surface area is 164 Å². The molecule has 0 aromatic heterocycles. The molecule has 1 aliphatic carbocycles. The van der Waals surface area contributed by atoms with E-state index in [4.69, 9.17) is 4.74 Å². The molecule has 0 bridgehead atoms. The van der Waals surface area contributed by atoms with Gasteiger partial charge in [0, 0.05) is 26.7 Å². The number of ether oxygens (including phenoxy) is 2. The van der Waals surface area contributed by atoms with Crippen molar-refractivity contribution in [3.63, 3.8) is 0 Å². The van der Waals surface area contributed by atoms with Crippen LogP contribution >= 0.6 is 0 Å². The smallest absolute Gasteiger partial charge is 0.378 e. The molecule has 0 saturated heterocycles. The van der Waals surface area contributed by atoms with Crippen molar-refractivity contribution in [3.05, 3.63) is 35.4 Å². The van der Waals surface area contributed by atoms with Crippen LogP contribution in [0.5, 0.6) is 0 Å². The first-order valence-corrected chi connectivity index (χ1v) is 9.75. The maximum atomic E-state index is 12.1. The molecular formula is C20H30F3N3O2. The fourth-order valence-corrected chi connectivity index (χ4v) is 3.03. The molecule has 158 valence electrons. The number of hydrogen-bond donors (Lipinski definition) is 2. The molecule has 0 unspecified atom stereocenters. The second-order valence-electron chi connectivity index (χ2n) is 6.91. The molecule has 0 radical (unpaired) electrons. The lowest BCUT2D eigenvalue weighted by Crippen LogP contribution is -2.37. The summed E-state index contributed by atoms with van der Waals surface area (Å²) in [5, 5.41) is 6.47. The van der Waals surface area contributed by atoms with E-state index in [0.29, 0.717) is 24.2 Å². The van der Waals surface area contributed by atoms with Gasteiger partial charge in [-0.2, -0.15) is 13.2 Å². The van der Waals surface area contributed by atoms with Crippen LogP contribution in [0.2, 0.25) is 0 Å². The highest BCUT2D eigenvalue weighted by atomic mass is 19.4. The van der Waals surface area contributed by atoms with Gasteiger partial charge in [-0.05, 0) is 30.4 Å². The molecule has 5 nitrogen and oxygen atoms in total. The standard InChI is InChI=1S/C20H30F3N3O2/c1-24-19(25-11-4-12-28-18-5-2-3-6-18)26-13-16-7-9-17(10-8-16)14-27-15-20(21,22)23/h7-10,18H,2-6,11-15H2,1H3,(H2,24,25,26). The molecule has 8 heteroatoms. The monoisotopic (exact) mass is 401 g/mol. The SMILES string of the molecule is CN=C(NCCCOC1CCCC1)NCc1ccc(COCC(F)(F)F)cc1. The lowest BCUT2D eigenvalue weighted by Gasteiger charge is -2.14. The molecule has 1 aromatic carbocycles. The predicted molar refractivity (Wildman–Crippen MR) is 103 cm³/mol. The average Bonchev–Trinajstić information content (AvgIpc) is 3.17. The van der Waals surface area contributed by atoms with E-state index in [9.17, 15) is 13.2 Å². The Bertz CT molecular complexity index is 585. The second kappa shape index (κ2) is 11.9. The molecule has 0 amide bonds. The van der Waals surface area contributed by atoms with Crippen LogP contribution in [0.25, 0.3) is 0 Å². The Morgan fingerprint density at radius 3 is 2.43 bits per heavy atom. The number of halogens is 3. The van der Waals surface area contributed by atoms with Crippen molar-refractivity contribution in [1.29, 1.82) is 0 Å². The van der Waals surface area contributed by atoms with Gasteiger partial charge in [-0.15, -0.1) is 0 Å². The van der Waals surface area contributed by atoms with Crippen LogP contribution < -0.4 is 10.6 Å². The summed E-state index contributed by atoms with van der Waals surface area (Å²) in [6.07, 6.45) is 1.99. The van der Waals surface area contributed by atoms with E-state index >= 15 is 0 Å². The van der Waals surface area contributed by atoms with Gasteiger partial charge in [0.25, 0.3) is 0 Å². The first kappa shape index (κ1) is 22.5. The van der Waals surface area contributed by atoms with Crippen molar-refractivity contribution in [3.8, 4) is 0 Å². The molecule has 0 aliphatic heterocycles. The number of alkyl halides is 3. The van der Waals surface area contributed by atoms with Gasteiger partial charge < -0.3 is 20.1 Å². The van der Waals surface area contributed by atoms with Crippen molar-refractivity contribution >= 4 is 5.96 Å². The van der Waals surface area contributed by atoms with E-state index in [0.717, 1.165) is 25.1 Å². The molecule has 0 atom stereocenters. The Kier molecular flexibility index (Phi) is 9.57. The number of hydrogen-bond acceptors (Lipinski definition) is 3. The summed E-state index contributed by atoms with van der Waals surface area (Å²) in [4.78, 5) is 4.19. The summed E-state index contributed by atoms with van der Waals surface area (Å²) in [5.41, 5.74) is 1.71. The van der Waals surface area contributed by atoms with Crippen molar-refractivity contribution in [1.82, 2.24) is 10.6 Å². The molecule has 1 aromatic rings. The molecule has 28 heavy (non-hydrogen) atoms. The van der Waals surface area contributed by atoms with Gasteiger partial charge in [-0.25, -0.2) is 0 Å². The van der Waals surface area contributed by atoms with E-state index in [2.05, 4.69) is 20.4 Å². The van der Waals surface area contributed by atoms with E-state index in [1.165, 1.54) is 25.7 Å². The van der Waals surface area contributed by atoms with E-state index < -0.39 is 12.8 Å². The molecule has 1 fully saturated rings. The van der Waals surface area contributed by atoms with Gasteiger partial charge in [0.15, 0.2) is 5.96 Å². The first-order valence-electron chi connectivity index (χ1n) is 9.75. The average molecular weight is 401 g/mol.